The molecule has 0 amide bonds. The van der Waals surface area contributed by atoms with Gasteiger partial charge in [0, 0.05) is 17.7 Å². The van der Waals surface area contributed by atoms with Crippen molar-refractivity contribution in [2.75, 3.05) is 5.32 Å². The largest absolute Gasteiger partial charge is 0.433 e. The molecule has 22 heavy (non-hydrogen) atoms. The third-order valence-electron chi connectivity index (χ3n) is 2.86. The fourth-order valence-corrected chi connectivity index (χ4v) is 1.81. The number of nitrogens with zero attached hydrogens (tertiary/aromatic N) is 3. The Balaban J connectivity index is 2.00. The van der Waals surface area contributed by atoms with Gasteiger partial charge >= 0.3 is 6.61 Å². The van der Waals surface area contributed by atoms with Crippen molar-refractivity contribution in [3.05, 3.63) is 41.6 Å². The van der Waals surface area contributed by atoms with Gasteiger partial charge in [0.05, 0.1) is 18.4 Å². The van der Waals surface area contributed by atoms with Crippen LogP contribution in [-0.2, 0) is 6.54 Å². The number of nitrogens with one attached hydrogen (secondary N) is 1. The number of aryl methyl sites for hydroxylation is 1. The van der Waals surface area contributed by atoms with Crippen LogP contribution in [0.25, 0.3) is 0 Å². The van der Waals surface area contributed by atoms with E-state index in [0.717, 1.165) is 11.5 Å². The number of pyridine rings is 1. The first kappa shape index (κ1) is 16.1. The summed E-state index contributed by atoms with van der Waals surface area (Å²) < 4.78 is 28.4. The lowest BCUT2D eigenvalue weighted by molar-refractivity contribution is -0.0500. The molecule has 0 atom stereocenters. The highest BCUT2D eigenvalue weighted by atomic mass is 19.3. The Kier molecular flexibility index (Phi) is 5.19. The lowest BCUT2D eigenvalue weighted by atomic mass is 10.2. The van der Waals surface area contributed by atoms with E-state index in [2.05, 4.69) is 25.0 Å². The zero-order valence-corrected chi connectivity index (χ0v) is 12.7. The predicted octanol–water partition coefficient (Wildman–Crippen LogP) is 3.52. The van der Waals surface area contributed by atoms with Crippen LogP contribution >= 0.6 is 0 Å². The summed E-state index contributed by atoms with van der Waals surface area (Å²) in [6, 6.07) is 4.93. The van der Waals surface area contributed by atoms with Crippen LogP contribution in [0, 0.1) is 6.92 Å². The van der Waals surface area contributed by atoms with Gasteiger partial charge in [-0.3, -0.25) is 4.98 Å². The zero-order valence-electron chi connectivity index (χ0n) is 12.7. The topological polar surface area (TPSA) is 59.9 Å². The Labute approximate surface area is 127 Å². The first-order valence-corrected chi connectivity index (χ1v) is 6.93. The third-order valence-corrected chi connectivity index (χ3v) is 2.86. The first-order chi connectivity index (χ1) is 10.4. The van der Waals surface area contributed by atoms with E-state index in [9.17, 15) is 8.78 Å². The van der Waals surface area contributed by atoms with E-state index in [0.29, 0.717) is 18.1 Å². The van der Waals surface area contributed by atoms with Crippen molar-refractivity contribution in [2.24, 2.45) is 0 Å². The molecule has 118 valence electrons. The Hall–Kier alpha value is -2.31. The van der Waals surface area contributed by atoms with E-state index in [4.69, 9.17) is 0 Å². The van der Waals surface area contributed by atoms with Gasteiger partial charge in [0.2, 0.25) is 0 Å². The molecule has 2 aromatic rings. The van der Waals surface area contributed by atoms with Gasteiger partial charge in [-0.1, -0.05) is 13.8 Å². The lowest BCUT2D eigenvalue weighted by Crippen LogP contribution is -2.08. The molecule has 2 heterocycles. The average Bonchev–Trinajstić information content (AvgIpc) is 2.45. The molecule has 0 aliphatic heterocycles. The van der Waals surface area contributed by atoms with Crippen molar-refractivity contribution in [3.8, 4) is 5.75 Å². The molecule has 1 N–H and O–H groups in total. The number of anilines is 1. The minimum Gasteiger partial charge on any atom is -0.433 e. The van der Waals surface area contributed by atoms with Crippen LogP contribution in [0.15, 0.2) is 24.4 Å². The summed E-state index contributed by atoms with van der Waals surface area (Å²) in [5.74, 6) is 1.77. The van der Waals surface area contributed by atoms with E-state index in [1.807, 2.05) is 26.8 Å². The average molecular weight is 308 g/mol. The quantitative estimate of drug-likeness (QED) is 0.885. The highest BCUT2D eigenvalue weighted by Gasteiger charge is 2.07. The monoisotopic (exact) mass is 308 g/mol. The molecule has 0 aliphatic carbocycles. The summed E-state index contributed by atoms with van der Waals surface area (Å²) in [6.45, 7) is 3.56. The molecule has 2 rings (SSSR count). The number of hydrogen-bond donors (Lipinski definition) is 1. The lowest BCUT2D eigenvalue weighted by Gasteiger charge is -2.10. The summed E-state index contributed by atoms with van der Waals surface area (Å²) >= 11 is 0. The SMILES string of the molecule is Cc1cc(NCc2ccc(OC(F)F)cn2)nc(C(C)C)n1. The number of hydrogen-bond acceptors (Lipinski definition) is 5. The molecule has 7 heteroatoms. The summed E-state index contributed by atoms with van der Waals surface area (Å²) in [5.41, 5.74) is 1.58. The number of alkyl halides is 2. The summed E-state index contributed by atoms with van der Waals surface area (Å²) in [5, 5.41) is 3.15. The van der Waals surface area contributed by atoms with Crippen LogP contribution in [-0.4, -0.2) is 21.6 Å². The Bertz CT molecular complexity index is 617. The number of aromatic nitrogens is 3. The van der Waals surface area contributed by atoms with E-state index in [-0.39, 0.29) is 11.7 Å². The zero-order chi connectivity index (χ0) is 16.1. The second-order valence-corrected chi connectivity index (χ2v) is 5.12. The van der Waals surface area contributed by atoms with Gasteiger partial charge in [-0.15, -0.1) is 0 Å². The van der Waals surface area contributed by atoms with Crippen LogP contribution in [0.2, 0.25) is 0 Å². The Morgan fingerprint density at radius 2 is 2.00 bits per heavy atom. The summed E-state index contributed by atoms with van der Waals surface area (Å²) in [7, 11) is 0. The molecule has 0 aliphatic rings. The molecule has 0 spiro atoms. The standard InChI is InChI=1S/C15H18F2N4O/c1-9(2)14-20-10(3)6-13(21-14)19-7-11-4-5-12(8-18-11)22-15(16)17/h4-6,8-9,15H,7H2,1-3H3,(H,19,20,21). The Morgan fingerprint density at radius 3 is 2.59 bits per heavy atom. The van der Waals surface area contributed by atoms with E-state index in [1.165, 1.54) is 12.3 Å². The van der Waals surface area contributed by atoms with Crippen LogP contribution in [0.1, 0.15) is 37.0 Å². The van der Waals surface area contributed by atoms with Crippen molar-refractivity contribution in [1.29, 1.82) is 0 Å². The summed E-state index contributed by atoms with van der Waals surface area (Å²) in [4.78, 5) is 12.9. The molecule has 0 aromatic carbocycles. The van der Waals surface area contributed by atoms with E-state index < -0.39 is 6.61 Å². The molecule has 0 fully saturated rings. The van der Waals surface area contributed by atoms with Crippen molar-refractivity contribution in [1.82, 2.24) is 15.0 Å². The molecule has 0 saturated carbocycles. The number of ether oxygens (including phenoxy) is 1. The second-order valence-electron chi connectivity index (χ2n) is 5.12. The number of rotatable bonds is 6. The van der Waals surface area contributed by atoms with Gasteiger partial charge in [0.25, 0.3) is 0 Å². The van der Waals surface area contributed by atoms with Crippen LogP contribution in [0.4, 0.5) is 14.6 Å². The molecule has 5 nitrogen and oxygen atoms in total. The smallest absolute Gasteiger partial charge is 0.387 e. The van der Waals surface area contributed by atoms with Gasteiger partial charge in [-0.05, 0) is 19.1 Å². The van der Waals surface area contributed by atoms with Crippen LogP contribution in [0.3, 0.4) is 0 Å². The van der Waals surface area contributed by atoms with Gasteiger partial charge in [-0.2, -0.15) is 8.78 Å². The van der Waals surface area contributed by atoms with Crippen LogP contribution in [0.5, 0.6) is 5.75 Å². The molecule has 0 radical (unpaired) electrons. The van der Waals surface area contributed by atoms with Crippen molar-refractivity contribution < 1.29 is 13.5 Å². The maximum atomic E-state index is 12.1. The maximum absolute atomic E-state index is 12.1. The van der Waals surface area contributed by atoms with Gasteiger partial charge in [0.1, 0.15) is 17.4 Å². The molecule has 0 unspecified atom stereocenters. The van der Waals surface area contributed by atoms with Gasteiger partial charge < -0.3 is 10.1 Å². The fourth-order valence-electron chi connectivity index (χ4n) is 1.81. The normalized spacial score (nSPS) is 11.0. The van der Waals surface area contributed by atoms with Crippen molar-refractivity contribution in [3.63, 3.8) is 0 Å². The second kappa shape index (κ2) is 7.11. The minimum absolute atomic E-state index is 0.0405. The number of halogens is 2. The molecular formula is C15H18F2N4O. The molecule has 2 aromatic heterocycles. The van der Waals surface area contributed by atoms with Crippen LogP contribution < -0.4 is 10.1 Å². The molecular weight excluding hydrogens is 290 g/mol. The minimum atomic E-state index is -2.84. The Morgan fingerprint density at radius 1 is 1.23 bits per heavy atom. The highest BCUT2D eigenvalue weighted by Crippen LogP contribution is 2.15. The van der Waals surface area contributed by atoms with Gasteiger partial charge in [0.15, 0.2) is 0 Å². The van der Waals surface area contributed by atoms with E-state index in [1.54, 1.807) is 6.07 Å². The molecule has 0 bridgehead atoms. The summed E-state index contributed by atoms with van der Waals surface area (Å²) in [6.07, 6.45) is 1.27. The van der Waals surface area contributed by atoms with Crippen molar-refractivity contribution >= 4 is 5.82 Å². The predicted molar refractivity (Wildman–Crippen MR) is 79.1 cm³/mol. The highest BCUT2D eigenvalue weighted by molar-refractivity contribution is 5.37. The van der Waals surface area contributed by atoms with Crippen molar-refractivity contribution in [2.45, 2.75) is 39.8 Å². The molecule has 0 saturated heterocycles. The fraction of sp³-hybridized carbons (Fsp3) is 0.400. The van der Waals surface area contributed by atoms with E-state index >= 15 is 0 Å². The first-order valence-electron chi connectivity index (χ1n) is 6.93. The van der Waals surface area contributed by atoms with Gasteiger partial charge in [-0.25, -0.2) is 9.97 Å². The maximum Gasteiger partial charge on any atom is 0.387 e. The third kappa shape index (κ3) is 4.61.